The molecule has 2 aromatic rings. The average Bonchev–Trinajstić information content (AvgIpc) is 3.04. The Kier molecular flexibility index (Phi) is 2.81. The van der Waals surface area contributed by atoms with E-state index < -0.39 is 0 Å². The number of nitrogens with zero attached hydrogens (tertiary/aromatic N) is 2. The van der Waals surface area contributed by atoms with Gasteiger partial charge in [0.25, 0.3) is 0 Å². The summed E-state index contributed by atoms with van der Waals surface area (Å²) in [6.07, 6.45) is 5.45. The molecule has 1 saturated carbocycles. The first kappa shape index (κ1) is 12.3. The Bertz CT molecular complexity index is 616. The number of halogens is 1. The van der Waals surface area contributed by atoms with E-state index in [9.17, 15) is 4.39 Å². The normalized spacial score (nSPS) is 20.4. The standard InChI is InChI=1S/C16H17FN2S/c17-13-4-2-12(3-5-13)14-10-20-15(18-14)19-9-1-6-16(11-19)7-8-16/h2-5,10H,1,6-9,11H2. The Labute approximate surface area is 122 Å². The highest BCUT2D eigenvalue weighted by Crippen LogP contribution is 2.52. The van der Waals surface area contributed by atoms with Crippen molar-refractivity contribution in [2.24, 2.45) is 5.41 Å². The molecule has 1 aromatic carbocycles. The number of aromatic nitrogens is 1. The van der Waals surface area contributed by atoms with Crippen LogP contribution in [0.25, 0.3) is 11.3 Å². The maximum Gasteiger partial charge on any atom is 0.185 e. The van der Waals surface area contributed by atoms with Crippen molar-refractivity contribution in [3.63, 3.8) is 0 Å². The first-order valence-electron chi connectivity index (χ1n) is 7.21. The van der Waals surface area contributed by atoms with Crippen LogP contribution < -0.4 is 4.90 Å². The van der Waals surface area contributed by atoms with Crippen molar-refractivity contribution >= 4 is 16.5 Å². The SMILES string of the molecule is Fc1ccc(-c2csc(N3CCCC4(CC4)C3)n2)cc1. The lowest BCUT2D eigenvalue weighted by Crippen LogP contribution is -2.36. The molecule has 20 heavy (non-hydrogen) atoms. The topological polar surface area (TPSA) is 16.1 Å². The van der Waals surface area contributed by atoms with E-state index in [4.69, 9.17) is 4.98 Å². The van der Waals surface area contributed by atoms with Crippen LogP contribution in [0.5, 0.6) is 0 Å². The van der Waals surface area contributed by atoms with E-state index in [2.05, 4.69) is 10.3 Å². The lowest BCUT2D eigenvalue weighted by Gasteiger charge is -2.32. The summed E-state index contributed by atoms with van der Waals surface area (Å²) in [5, 5.41) is 3.20. The first-order chi connectivity index (χ1) is 9.74. The Morgan fingerprint density at radius 1 is 1.15 bits per heavy atom. The first-order valence-corrected chi connectivity index (χ1v) is 8.09. The van der Waals surface area contributed by atoms with Crippen molar-refractivity contribution < 1.29 is 4.39 Å². The van der Waals surface area contributed by atoms with Gasteiger partial charge in [0.2, 0.25) is 0 Å². The third kappa shape index (κ3) is 2.22. The fourth-order valence-electron chi connectivity index (χ4n) is 3.12. The molecule has 2 heterocycles. The van der Waals surface area contributed by atoms with E-state index in [1.54, 1.807) is 23.5 Å². The number of rotatable bonds is 2. The lowest BCUT2D eigenvalue weighted by molar-refractivity contribution is 0.395. The van der Waals surface area contributed by atoms with E-state index >= 15 is 0 Å². The van der Waals surface area contributed by atoms with E-state index in [1.807, 2.05) is 0 Å². The second-order valence-electron chi connectivity index (χ2n) is 6.05. The summed E-state index contributed by atoms with van der Waals surface area (Å²) in [4.78, 5) is 7.19. The molecule has 4 rings (SSSR count). The zero-order valence-electron chi connectivity index (χ0n) is 11.3. The largest absolute Gasteiger partial charge is 0.348 e. The van der Waals surface area contributed by atoms with E-state index in [0.29, 0.717) is 5.41 Å². The van der Waals surface area contributed by atoms with E-state index in [0.717, 1.165) is 22.9 Å². The average molecular weight is 288 g/mol. The lowest BCUT2D eigenvalue weighted by atomic mass is 9.95. The molecule has 0 unspecified atom stereocenters. The zero-order chi connectivity index (χ0) is 13.6. The highest BCUT2D eigenvalue weighted by Gasteiger charge is 2.45. The molecule has 1 aliphatic carbocycles. The van der Waals surface area contributed by atoms with Gasteiger partial charge in [0.1, 0.15) is 5.82 Å². The number of hydrogen-bond donors (Lipinski definition) is 0. The molecule has 1 aliphatic heterocycles. The number of piperidine rings is 1. The Balaban J connectivity index is 1.57. The van der Waals surface area contributed by atoms with Gasteiger partial charge >= 0.3 is 0 Å². The minimum Gasteiger partial charge on any atom is -0.348 e. The molecule has 0 radical (unpaired) electrons. The van der Waals surface area contributed by atoms with Crippen LogP contribution in [0.4, 0.5) is 9.52 Å². The predicted octanol–water partition coefficient (Wildman–Crippen LogP) is 4.33. The second-order valence-corrected chi connectivity index (χ2v) is 6.88. The van der Waals surface area contributed by atoms with Crippen molar-refractivity contribution in [2.75, 3.05) is 18.0 Å². The van der Waals surface area contributed by atoms with Gasteiger partial charge in [-0.05, 0) is 55.4 Å². The quantitative estimate of drug-likeness (QED) is 0.817. The summed E-state index contributed by atoms with van der Waals surface area (Å²) >= 11 is 1.70. The molecule has 1 spiro atoms. The minimum absolute atomic E-state index is 0.198. The summed E-state index contributed by atoms with van der Waals surface area (Å²) in [7, 11) is 0. The van der Waals surface area contributed by atoms with E-state index in [1.165, 1.54) is 44.4 Å². The zero-order valence-corrected chi connectivity index (χ0v) is 12.1. The fourth-order valence-corrected chi connectivity index (χ4v) is 3.98. The number of thiazole rings is 1. The van der Waals surface area contributed by atoms with Gasteiger partial charge in [0.05, 0.1) is 5.69 Å². The van der Waals surface area contributed by atoms with Crippen LogP contribution in [0.2, 0.25) is 0 Å². The maximum atomic E-state index is 13.0. The van der Waals surface area contributed by atoms with Crippen LogP contribution in [-0.4, -0.2) is 18.1 Å². The molecule has 0 bridgehead atoms. The fraction of sp³-hybridized carbons (Fsp3) is 0.438. The third-order valence-electron chi connectivity index (χ3n) is 4.52. The minimum atomic E-state index is -0.198. The molecule has 1 aromatic heterocycles. The summed E-state index contributed by atoms with van der Waals surface area (Å²) in [6.45, 7) is 2.29. The molecule has 1 saturated heterocycles. The molecule has 4 heteroatoms. The van der Waals surface area contributed by atoms with Gasteiger partial charge in [0.15, 0.2) is 5.13 Å². The predicted molar refractivity (Wildman–Crippen MR) is 80.6 cm³/mol. The molecular formula is C16H17FN2S. The highest BCUT2D eigenvalue weighted by molar-refractivity contribution is 7.14. The van der Waals surface area contributed by atoms with Crippen LogP contribution in [-0.2, 0) is 0 Å². The van der Waals surface area contributed by atoms with Gasteiger partial charge in [-0.3, -0.25) is 0 Å². The third-order valence-corrected chi connectivity index (χ3v) is 5.42. The number of anilines is 1. The summed E-state index contributed by atoms with van der Waals surface area (Å²) in [6, 6.07) is 6.59. The van der Waals surface area contributed by atoms with Gasteiger partial charge in [0, 0.05) is 24.0 Å². The molecule has 0 atom stereocenters. The molecule has 0 N–H and O–H groups in total. The molecule has 2 nitrogen and oxygen atoms in total. The smallest absolute Gasteiger partial charge is 0.185 e. The molecular weight excluding hydrogens is 271 g/mol. The van der Waals surface area contributed by atoms with Crippen LogP contribution in [0.3, 0.4) is 0 Å². The maximum absolute atomic E-state index is 13.0. The monoisotopic (exact) mass is 288 g/mol. The summed E-state index contributed by atoms with van der Waals surface area (Å²) < 4.78 is 13.0. The van der Waals surface area contributed by atoms with Gasteiger partial charge < -0.3 is 4.90 Å². The van der Waals surface area contributed by atoms with Crippen molar-refractivity contribution in [1.82, 2.24) is 4.98 Å². The van der Waals surface area contributed by atoms with Crippen molar-refractivity contribution in [2.45, 2.75) is 25.7 Å². The second kappa shape index (κ2) is 4.55. The summed E-state index contributed by atoms with van der Waals surface area (Å²) in [5.41, 5.74) is 2.56. The van der Waals surface area contributed by atoms with Crippen LogP contribution in [0.15, 0.2) is 29.6 Å². The van der Waals surface area contributed by atoms with Crippen molar-refractivity contribution in [3.05, 3.63) is 35.5 Å². The highest BCUT2D eigenvalue weighted by atomic mass is 32.1. The van der Waals surface area contributed by atoms with Crippen molar-refractivity contribution in [3.8, 4) is 11.3 Å². The van der Waals surface area contributed by atoms with Crippen molar-refractivity contribution in [1.29, 1.82) is 0 Å². The summed E-state index contributed by atoms with van der Waals surface area (Å²) in [5.74, 6) is -0.198. The molecule has 104 valence electrons. The molecule has 0 amide bonds. The Morgan fingerprint density at radius 3 is 2.70 bits per heavy atom. The Hall–Kier alpha value is -1.42. The number of hydrogen-bond acceptors (Lipinski definition) is 3. The van der Waals surface area contributed by atoms with E-state index in [-0.39, 0.29) is 5.82 Å². The van der Waals surface area contributed by atoms with Gasteiger partial charge in [-0.1, -0.05) is 0 Å². The van der Waals surface area contributed by atoms with Crippen LogP contribution >= 0.6 is 11.3 Å². The van der Waals surface area contributed by atoms with Gasteiger partial charge in [-0.2, -0.15) is 0 Å². The molecule has 2 aliphatic rings. The number of benzene rings is 1. The Morgan fingerprint density at radius 2 is 1.95 bits per heavy atom. The molecule has 2 fully saturated rings. The van der Waals surface area contributed by atoms with Crippen LogP contribution in [0, 0.1) is 11.2 Å². The van der Waals surface area contributed by atoms with Crippen LogP contribution in [0.1, 0.15) is 25.7 Å². The van der Waals surface area contributed by atoms with Gasteiger partial charge in [-0.25, -0.2) is 9.37 Å². The van der Waals surface area contributed by atoms with Gasteiger partial charge in [-0.15, -0.1) is 11.3 Å².